The van der Waals surface area contributed by atoms with Gasteiger partial charge in [0.05, 0.1) is 5.56 Å². The highest BCUT2D eigenvalue weighted by molar-refractivity contribution is 5.97. The fraction of sp³-hybridized carbons (Fsp3) is 0.538. The van der Waals surface area contributed by atoms with Crippen LogP contribution in [-0.4, -0.2) is 23.0 Å². The number of furan rings is 1. The van der Waals surface area contributed by atoms with E-state index in [4.69, 9.17) is 9.52 Å². The lowest BCUT2D eigenvalue weighted by Gasteiger charge is -2.19. The van der Waals surface area contributed by atoms with Crippen molar-refractivity contribution in [3.63, 3.8) is 0 Å². The van der Waals surface area contributed by atoms with Gasteiger partial charge in [0.2, 0.25) is 0 Å². The molecular formula is C13H19NO4. The monoisotopic (exact) mass is 253 g/mol. The van der Waals surface area contributed by atoms with Crippen LogP contribution in [0.25, 0.3) is 0 Å². The van der Waals surface area contributed by atoms with Crippen molar-refractivity contribution in [3.05, 3.63) is 23.2 Å². The summed E-state index contributed by atoms with van der Waals surface area (Å²) < 4.78 is 5.26. The molecule has 0 aliphatic rings. The van der Waals surface area contributed by atoms with Gasteiger partial charge in [-0.2, -0.15) is 0 Å². The van der Waals surface area contributed by atoms with E-state index in [1.807, 2.05) is 6.92 Å². The van der Waals surface area contributed by atoms with Gasteiger partial charge in [-0.25, -0.2) is 4.79 Å². The molecule has 0 spiro atoms. The van der Waals surface area contributed by atoms with Gasteiger partial charge in [0.25, 0.3) is 5.91 Å². The maximum atomic E-state index is 12.0. The molecule has 1 aromatic rings. The molecule has 1 heterocycles. The fourth-order valence-corrected chi connectivity index (χ4v) is 1.76. The second-order valence-electron chi connectivity index (χ2n) is 4.50. The van der Waals surface area contributed by atoms with Crippen LogP contribution >= 0.6 is 0 Å². The van der Waals surface area contributed by atoms with Crippen molar-refractivity contribution in [1.82, 2.24) is 5.32 Å². The molecule has 5 heteroatoms. The van der Waals surface area contributed by atoms with E-state index in [-0.39, 0.29) is 5.92 Å². The molecule has 5 nitrogen and oxygen atoms in total. The van der Waals surface area contributed by atoms with E-state index in [2.05, 4.69) is 5.32 Å². The average Bonchev–Trinajstić information content (AvgIpc) is 2.63. The van der Waals surface area contributed by atoms with Crippen molar-refractivity contribution in [1.29, 1.82) is 0 Å². The van der Waals surface area contributed by atoms with Crippen LogP contribution in [-0.2, 0) is 4.79 Å². The second-order valence-corrected chi connectivity index (χ2v) is 4.50. The zero-order valence-electron chi connectivity index (χ0n) is 11.1. The predicted molar refractivity (Wildman–Crippen MR) is 66.5 cm³/mol. The van der Waals surface area contributed by atoms with Crippen molar-refractivity contribution in [2.24, 2.45) is 5.92 Å². The molecule has 0 unspecified atom stereocenters. The minimum atomic E-state index is -1.02. The van der Waals surface area contributed by atoms with Gasteiger partial charge in [-0.15, -0.1) is 0 Å². The van der Waals surface area contributed by atoms with Crippen LogP contribution in [0.4, 0.5) is 0 Å². The lowest BCUT2D eigenvalue weighted by atomic mass is 9.99. The molecular weight excluding hydrogens is 234 g/mol. The first-order valence-corrected chi connectivity index (χ1v) is 5.97. The summed E-state index contributed by atoms with van der Waals surface area (Å²) in [5.74, 6) is -0.418. The van der Waals surface area contributed by atoms with E-state index in [9.17, 15) is 9.59 Å². The van der Waals surface area contributed by atoms with Gasteiger partial charge < -0.3 is 14.8 Å². The van der Waals surface area contributed by atoms with Crippen LogP contribution in [0.1, 0.15) is 42.1 Å². The molecule has 0 saturated heterocycles. The first kappa shape index (κ1) is 14.3. The number of rotatable bonds is 5. The summed E-state index contributed by atoms with van der Waals surface area (Å²) in [5, 5.41) is 11.6. The predicted octanol–water partition coefficient (Wildman–Crippen LogP) is 2.13. The van der Waals surface area contributed by atoms with Gasteiger partial charge in [-0.05, 0) is 25.8 Å². The number of nitrogens with one attached hydrogen (secondary N) is 1. The number of carboxylic acid groups (broad SMARTS) is 1. The molecule has 2 N–H and O–H groups in total. The number of carbonyl (C=O) groups is 2. The molecule has 0 fully saturated rings. The highest BCUT2D eigenvalue weighted by Gasteiger charge is 2.26. The third-order valence-electron chi connectivity index (χ3n) is 3.05. The van der Waals surface area contributed by atoms with Crippen LogP contribution in [0.15, 0.2) is 10.5 Å². The Hall–Kier alpha value is -1.78. The van der Waals surface area contributed by atoms with Crippen molar-refractivity contribution in [2.45, 2.75) is 40.2 Å². The lowest BCUT2D eigenvalue weighted by molar-refractivity contribution is -0.140. The van der Waals surface area contributed by atoms with Crippen LogP contribution in [0, 0.1) is 19.8 Å². The number of aryl methyl sites for hydroxylation is 2. The first-order chi connectivity index (χ1) is 8.36. The second kappa shape index (κ2) is 5.71. The average molecular weight is 253 g/mol. The summed E-state index contributed by atoms with van der Waals surface area (Å²) in [6.45, 7) is 7.11. The van der Waals surface area contributed by atoms with Gasteiger partial charge in [0.1, 0.15) is 17.6 Å². The Morgan fingerprint density at radius 2 is 2.06 bits per heavy atom. The maximum absolute atomic E-state index is 12.0. The van der Waals surface area contributed by atoms with E-state index in [0.717, 1.165) is 0 Å². The van der Waals surface area contributed by atoms with Crippen molar-refractivity contribution < 1.29 is 19.1 Å². The van der Waals surface area contributed by atoms with Crippen molar-refractivity contribution in [3.8, 4) is 0 Å². The van der Waals surface area contributed by atoms with E-state index in [1.54, 1.807) is 26.8 Å². The SMILES string of the molecule is CC[C@@H](C)[C@@H](NC(=O)c1cc(C)oc1C)C(=O)O. The molecule has 1 aromatic heterocycles. The lowest BCUT2D eigenvalue weighted by Crippen LogP contribution is -2.45. The molecule has 0 aliphatic carbocycles. The summed E-state index contributed by atoms with van der Waals surface area (Å²) in [6, 6.07) is 0.734. The summed E-state index contributed by atoms with van der Waals surface area (Å²) >= 11 is 0. The topological polar surface area (TPSA) is 79.5 Å². The highest BCUT2D eigenvalue weighted by Crippen LogP contribution is 2.15. The zero-order valence-corrected chi connectivity index (χ0v) is 11.1. The first-order valence-electron chi connectivity index (χ1n) is 5.97. The van der Waals surface area contributed by atoms with Crippen LogP contribution in [0.5, 0.6) is 0 Å². The molecule has 0 bridgehead atoms. The van der Waals surface area contributed by atoms with Gasteiger partial charge in [0, 0.05) is 0 Å². The number of carbonyl (C=O) groups excluding carboxylic acids is 1. The van der Waals surface area contributed by atoms with Crippen LogP contribution in [0.2, 0.25) is 0 Å². The molecule has 0 aromatic carbocycles. The van der Waals surface area contributed by atoms with Crippen molar-refractivity contribution in [2.75, 3.05) is 0 Å². The molecule has 1 rings (SSSR count). The molecule has 0 aliphatic heterocycles. The smallest absolute Gasteiger partial charge is 0.326 e. The number of aliphatic carboxylic acids is 1. The molecule has 2 atom stereocenters. The number of hydrogen-bond donors (Lipinski definition) is 2. The third kappa shape index (κ3) is 3.12. The Kier molecular flexibility index (Phi) is 4.53. The number of amides is 1. The van der Waals surface area contributed by atoms with E-state index in [0.29, 0.717) is 23.5 Å². The van der Waals surface area contributed by atoms with Crippen LogP contribution < -0.4 is 5.32 Å². The standard InChI is InChI=1S/C13H19NO4/c1-5-7(2)11(13(16)17)14-12(15)10-6-8(3)18-9(10)4/h6-7,11H,5H2,1-4H3,(H,14,15)(H,16,17)/t7-,11-/m1/s1. The van der Waals surface area contributed by atoms with Gasteiger partial charge in [0.15, 0.2) is 0 Å². The maximum Gasteiger partial charge on any atom is 0.326 e. The van der Waals surface area contributed by atoms with Gasteiger partial charge >= 0.3 is 5.97 Å². The normalized spacial score (nSPS) is 14.0. The number of carboxylic acids is 1. The largest absolute Gasteiger partial charge is 0.480 e. The summed E-state index contributed by atoms with van der Waals surface area (Å²) in [4.78, 5) is 23.1. The highest BCUT2D eigenvalue weighted by atomic mass is 16.4. The Balaban J connectivity index is 2.85. The van der Waals surface area contributed by atoms with Crippen LogP contribution in [0.3, 0.4) is 0 Å². The van der Waals surface area contributed by atoms with E-state index in [1.165, 1.54) is 0 Å². The molecule has 18 heavy (non-hydrogen) atoms. The molecule has 1 amide bonds. The zero-order chi connectivity index (χ0) is 13.9. The summed E-state index contributed by atoms with van der Waals surface area (Å²) in [6.07, 6.45) is 0.681. The Bertz CT molecular complexity index is 450. The molecule has 0 saturated carbocycles. The van der Waals surface area contributed by atoms with Gasteiger partial charge in [-0.1, -0.05) is 20.3 Å². The molecule has 100 valence electrons. The Morgan fingerprint density at radius 1 is 1.44 bits per heavy atom. The summed E-state index contributed by atoms with van der Waals surface area (Å²) in [5.41, 5.74) is 0.391. The Morgan fingerprint density at radius 3 is 2.44 bits per heavy atom. The Labute approximate surface area is 106 Å². The summed E-state index contributed by atoms with van der Waals surface area (Å²) in [7, 11) is 0. The quantitative estimate of drug-likeness (QED) is 0.842. The fourth-order valence-electron chi connectivity index (χ4n) is 1.76. The van der Waals surface area contributed by atoms with E-state index < -0.39 is 17.9 Å². The molecule has 0 radical (unpaired) electrons. The minimum absolute atomic E-state index is 0.125. The third-order valence-corrected chi connectivity index (χ3v) is 3.05. The number of hydrogen-bond acceptors (Lipinski definition) is 3. The minimum Gasteiger partial charge on any atom is -0.480 e. The van der Waals surface area contributed by atoms with E-state index >= 15 is 0 Å². The van der Waals surface area contributed by atoms with Crippen molar-refractivity contribution >= 4 is 11.9 Å². The van der Waals surface area contributed by atoms with Gasteiger partial charge in [-0.3, -0.25) is 4.79 Å².